The van der Waals surface area contributed by atoms with E-state index in [1.165, 1.54) is 48.9 Å². The van der Waals surface area contributed by atoms with Gasteiger partial charge in [-0.25, -0.2) is 0 Å². The first-order valence-electron chi connectivity index (χ1n) is 11.5. The zero-order chi connectivity index (χ0) is 20.9. The standard InChI is InChI=1S/C26H34N2O2/c1-19(21-10-13-24(14-11-21)28-16-6-3-7-17-28)27-26(29)20(2)30-25-15-12-22-8-4-5-9-23(22)18-25/h10-15,18-20H,3-9,16-17H2,1-2H3,(H,27,29)/t19-,20-/m1/s1. The van der Waals surface area contributed by atoms with E-state index in [0.29, 0.717) is 0 Å². The van der Waals surface area contributed by atoms with Gasteiger partial charge in [-0.2, -0.15) is 0 Å². The summed E-state index contributed by atoms with van der Waals surface area (Å²) in [4.78, 5) is 15.1. The van der Waals surface area contributed by atoms with Crippen molar-refractivity contribution < 1.29 is 9.53 Å². The van der Waals surface area contributed by atoms with Crippen molar-refractivity contribution in [3.8, 4) is 5.75 Å². The van der Waals surface area contributed by atoms with E-state index in [9.17, 15) is 4.79 Å². The average Bonchev–Trinajstić information content (AvgIpc) is 2.79. The summed E-state index contributed by atoms with van der Waals surface area (Å²) < 4.78 is 5.96. The van der Waals surface area contributed by atoms with Crippen LogP contribution in [0.2, 0.25) is 0 Å². The van der Waals surface area contributed by atoms with E-state index in [4.69, 9.17) is 4.74 Å². The minimum Gasteiger partial charge on any atom is -0.481 e. The lowest BCUT2D eigenvalue weighted by Gasteiger charge is -2.29. The molecule has 0 saturated carbocycles. The number of hydrogen-bond acceptors (Lipinski definition) is 3. The number of nitrogens with zero attached hydrogens (tertiary/aromatic N) is 1. The Bertz CT molecular complexity index is 856. The van der Waals surface area contributed by atoms with Crippen LogP contribution in [0.4, 0.5) is 5.69 Å². The van der Waals surface area contributed by atoms with Crippen LogP contribution in [-0.4, -0.2) is 25.1 Å². The SMILES string of the molecule is C[C@@H](Oc1ccc2c(c1)CCCC2)C(=O)N[C@H](C)c1ccc(N2CCCCC2)cc1. The third-order valence-corrected chi connectivity index (χ3v) is 6.48. The van der Waals surface area contributed by atoms with Crippen LogP contribution >= 0.6 is 0 Å². The van der Waals surface area contributed by atoms with Gasteiger partial charge in [0, 0.05) is 18.8 Å². The number of hydrogen-bond donors (Lipinski definition) is 1. The molecular formula is C26H34N2O2. The number of amides is 1. The van der Waals surface area contributed by atoms with Crippen LogP contribution in [0.5, 0.6) is 5.75 Å². The van der Waals surface area contributed by atoms with Gasteiger partial charge in [0.25, 0.3) is 5.91 Å². The Labute approximate surface area is 180 Å². The minimum absolute atomic E-state index is 0.0533. The van der Waals surface area contributed by atoms with Crippen LogP contribution in [0, 0.1) is 0 Å². The Morgan fingerprint density at radius 3 is 2.33 bits per heavy atom. The Morgan fingerprint density at radius 1 is 0.900 bits per heavy atom. The van der Waals surface area contributed by atoms with E-state index in [2.05, 4.69) is 46.6 Å². The second kappa shape index (κ2) is 9.55. The lowest BCUT2D eigenvalue weighted by molar-refractivity contribution is -0.127. The smallest absolute Gasteiger partial charge is 0.261 e. The highest BCUT2D eigenvalue weighted by atomic mass is 16.5. The molecule has 4 heteroatoms. The van der Waals surface area contributed by atoms with E-state index in [0.717, 1.165) is 37.2 Å². The number of carbonyl (C=O) groups is 1. The topological polar surface area (TPSA) is 41.6 Å². The van der Waals surface area contributed by atoms with Crippen LogP contribution in [0.15, 0.2) is 42.5 Å². The molecule has 1 amide bonds. The highest BCUT2D eigenvalue weighted by Gasteiger charge is 2.19. The number of piperidine rings is 1. The van der Waals surface area contributed by atoms with Gasteiger partial charge in [0.15, 0.2) is 6.10 Å². The van der Waals surface area contributed by atoms with Crippen molar-refractivity contribution in [1.29, 1.82) is 0 Å². The van der Waals surface area contributed by atoms with Gasteiger partial charge in [-0.15, -0.1) is 0 Å². The van der Waals surface area contributed by atoms with Crippen LogP contribution in [0.1, 0.15) is 68.7 Å². The summed E-state index contributed by atoms with van der Waals surface area (Å²) in [6, 6.07) is 14.8. The van der Waals surface area contributed by atoms with Crippen LogP contribution in [0.3, 0.4) is 0 Å². The average molecular weight is 407 g/mol. The molecule has 2 atom stereocenters. The molecule has 2 aliphatic rings. The van der Waals surface area contributed by atoms with Gasteiger partial charge in [-0.3, -0.25) is 4.79 Å². The fraction of sp³-hybridized carbons (Fsp3) is 0.500. The maximum atomic E-state index is 12.7. The number of aryl methyl sites for hydroxylation is 2. The summed E-state index contributed by atoms with van der Waals surface area (Å²) in [5.41, 5.74) is 5.19. The normalized spacial score (nSPS) is 18.3. The Balaban J connectivity index is 1.32. The van der Waals surface area contributed by atoms with Crippen molar-refractivity contribution in [2.75, 3.05) is 18.0 Å². The van der Waals surface area contributed by atoms with Crippen molar-refractivity contribution >= 4 is 11.6 Å². The summed E-state index contributed by atoms with van der Waals surface area (Å²) in [5.74, 6) is 0.706. The molecule has 1 aliphatic carbocycles. The zero-order valence-electron chi connectivity index (χ0n) is 18.3. The largest absolute Gasteiger partial charge is 0.481 e. The first kappa shape index (κ1) is 20.8. The molecule has 1 heterocycles. The Hall–Kier alpha value is -2.49. The van der Waals surface area contributed by atoms with Crippen LogP contribution < -0.4 is 15.0 Å². The summed E-state index contributed by atoms with van der Waals surface area (Å²) in [5, 5.41) is 3.10. The van der Waals surface area contributed by atoms with Crippen molar-refractivity contribution in [3.63, 3.8) is 0 Å². The van der Waals surface area contributed by atoms with Gasteiger partial charge < -0.3 is 15.0 Å². The van der Waals surface area contributed by atoms with Gasteiger partial charge in [-0.05, 0) is 99.7 Å². The monoisotopic (exact) mass is 406 g/mol. The molecule has 1 aliphatic heterocycles. The van der Waals surface area contributed by atoms with Gasteiger partial charge >= 0.3 is 0 Å². The highest BCUT2D eigenvalue weighted by Crippen LogP contribution is 2.26. The molecule has 0 unspecified atom stereocenters. The molecule has 0 radical (unpaired) electrons. The summed E-state index contributed by atoms with van der Waals surface area (Å²) in [6.07, 6.45) is 8.12. The van der Waals surface area contributed by atoms with Crippen molar-refractivity contribution in [2.24, 2.45) is 0 Å². The lowest BCUT2D eigenvalue weighted by Crippen LogP contribution is -2.37. The predicted molar refractivity (Wildman–Crippen MR) is 122 cm³/mol. The number of rotatable bonds is 6. The quantitative estimate of drug-likeness (QED) is 0.717. The van der Waals surface area contributed by atoms with E-state index in [-0.39, 0.29) is 11.9 Å². The van der Waals surface area contributed by atoms with E-state index in [1.54, 1.807) is 0 Å². The number of ether oxygens (including phenoxy) is 1. The fourth-order valence-electron chi connectivity index (χ4n) is 4.58. The predicted octanol–water partition coefficient (Wildman–Crippen LogP) is 5.20. The van der Waals surface area contributed by atoms with Gasteiger partial charge in [-0.1, -0.05) is 18.2 Å². The minimum atomic E-state index is -0.526. The van der Waals surface area contributed by atoms with Crippen LogP contribution in [0.25, 0.3) is 0 Å². The molecule has 0 spiro atoms. The maximum absolute atomic E-state index is 12.7. The summed E-state index contributed by atoms with van der Waals surface area (Å²) in [6.45, 7) is 6.13. The number of fused-ring (bicyclic) bond motifs is 1. The van der Waals surface area contributed by atoms with Crippen molar-refractivity contribution in [3.05, 3.63) is 59.2 Å². The molecule has 1 N–H and O–H groups in total. The molecular weight excluding hydrogens is 372 g/mol. The number of benzene rings is 2. The highest BCUT2D eigenvalue weighted by molar-refractivity contribution is 5.81. The second-order valence-electron chi connectivity index (χ2n) is 8.77. The van der Waals surface area contributed by atoms with Crippen molar-refractivity contribution in [1.82, 2.24) is 5.32 Å². The van der Waals surface area contributed by atoms with E-state index < -0.39 is 6.10 Å². The molecule has 4 rings (SSSR count). The summed E-state index contributed by atoms with van der Waals surface area (Å²) >= 11 is 0. The van der Waals surface area contributed by atoms with Gasteiger partial charge in [0.05, 0.1) is 6.04 Å². The molecule has 1 saturated heterocycles. The third kappa shape index (κ3) is 4.97. The molecule has 2 aromatic carbocycles. The zero-order valence-corrected chi connectivity index (χ0v) is 18.3. The molecule has 4 nitrogen and oxygen atoms in total. The first-order valence-corrected chi connectivity index (χ1v) is 11.5. The Kier molecular flexibility index (Phi) is 6.61. The lowest BCUT2D eigenvalue weighted by atomic mass is 9.92. The second-order valence-corrected chi connectivity index (χ2v) is 8.77. The molecule has 160 valence electrons. The number of carbonyl (C=O) groups excluding carboxylic acids is 1. The van der Waals surface area contributed by atoms with Crippen molar-refractivity contribution in [2.45, 2.75) is 70.9 Å². The van der Waals surface area contributed by atoms with E-state index in [1.807, 2.05) is 19.9 Å². The Morgan fingerprint density at radius 2 is 1.60 bits per heavy atom. The van der Waals surface area contributed by atoms with Gasteiger partial charge in [0.2, 0.25) is 0 Å². The number of nitrogens with one attached hydrogen (secondary N) is 1. The maximum Gasteiger partial charge on any atom is 0.261 e. The first-order chi connectivity index (χ1) is 14.6. The third-order valence-electron chi connectivity index (χ3n) is 6.48. The molecule has 1 fully saturated rings. The molecule has 2 aromatic rings. The van der Waals surface area contributed by atoms with Crippen LogP contribution in [-0.2, 0) is 17.6 Å². The molecule has 30 heavy (non-hydrogen) atoms. The number of anilines is 1. The fourth-order valence-corrected chi connectivity index (χ4v) is 4.58. The van der Waals surface area contributed by atoms with Gasteiger partial charge in [0.1, 0.15) is 5.75 Å². The summed E-state index contributed by atoms with van der Waals surface area (Å²) in [7, 11) is 0. The van der Waals surface area contributed by atoms with E-state index >= 15 is 0 Å². The molecule has 0 bridgehead atoms. The molecule has 0 aromatic heterocycles.